The van der Waals surface area contributed by atoms with Crippen molar-refractivity contribution in [3.63, 3.8) is 0 Å². The van der Waals surface area contributed by atoms with Crippen LogP contribution in [-0.2, 0) is 9.53 Å². The van der Waals surface area contributed by atoms with Crippen LogP contribution in [0.2, 0.25) is 0 Å². The number of hydrogen-bond donors (Lipinski definition) is 1. The van der Waals surface area contributed by atoms with Gasteiger partial charge in [-0.1, -0.05) is 6.58 Å². The average molecular weight is 250 g/mol. The van der Waals surface area contributed by atoms with Crippen molar-refractivity contribution in [1.82, 2.24) is 0 Å². The Balaban J connectivity index is 2.19. The maximum atomic E-state index is 13.5. The Bertz CT molecular complexity index is 456. The average Bonchev–Trinajstić information content (AvgIpc) is 2.39. The van der Waals surface area contributed by atoms with E-state index in [4.69, 9.17) is 4.74 Å². The Hall–Kier alpha value is -1.88. The molecule has 1 aliphatic rings. The van der Waals surface area contributed by atoms with Gasteiger partial charge < -0.3 is 15.0 Å². The van der Waals surface area contributed by atoms with Gasteiger partial charge in [0.15, 0.2) is 0 Å². The highest BCUT2D eigenvalue weighted by Crippen LogP contribution is 2.22. The molecule has 0 unspecified atom stereocenters. The van der Waals surface area contributed by atoms with Crippen molar-refractivity contribution in [2.24, 2.45) is 0 Å². The Morgan fingerprint density at radius 2 is 2.11 bits per heavy atom. The number of anilines is 2. The molecule has 96 valence electrons. The lowest BCUT2D eigenvalue weighted by atomic mass is 10.2. The van der Waals surface area contributed by atoms with Gasteiger partial charge in [-0.15, -0.1) is 0 Å². The molecule has 0 spiro atoms. The molecule has 1 fully saturated rings. The second-order valence-corrected chi connectivity index (χ2v) is 3.99. The zero-order valence-corrected chi connectivity index (χ0v) is 9.99. The number of halogens is 1. The molecule has 2 rings (SSSR count). The summed E-state index contributed by atoms with van der Waals surface area (Å²) in [6.45, 7) is 6.06. The molecule has 1 saturated heterocycles. The largest absolute Gasteiger partial charge is 0.378 e. The van der Waals surface area contributed by atoms with Gasteiger partial charge in [-0.2, -0.15) is 0 Å². The van der Waals surface area contributed by atoms with Crippen molar-refractivity contribution in [2.45, 2.75) is 0 Å². The summed E-state index contributed by atoms with van der Waals surface area (Å²) >= 11 is 0. The molecule has 0 radical (unpaired) electrons. The summed E-state index contributed by atoms with van der Waals surface area (Å²) in [5.74, 6) is -0.730. The van der Waals surface area contributed by atoms with Crippen molar-refractivity contribution in [3.8, 4) is 0 Å². The minimum atomic E-state index is -0.377. The summed E-state index contributed by atoms with van der Waals surface area (Å²) in [6.07, 6.45) is 1.15. The Kier molecular flexibility index (Phi) is 3.94. The van der Waals surface area contributed by atoms with E-state index in [-0.39, 0.29) is 11.7 Å². The zero-order chi connectivity index (χ0) is 13.0. The van der Waals surface area contributed by atoms with E-state index in [9.17, 15) is 9.18 Å². The van der Waals surface area contributed by atoms with E-state index in [2.05, 4.69) is 11.9 Å². The van der Waals surface area contributed by atoms with Crippen molar-refractivity contribution in [3.05, 3.63) is 36.7 Å². The lowest BCUT2D eigenvalue weighted by molar-refractivity contribution is -0.111. The minimum absolute atomic E-state index is 0.353. The van der Waals surface area contributed by atoms with Gasteiger partial charge >= 0.3 is 0 Å². The van der Waals surface area contributed by atoms with Crippen LogP contribution >= 0.6 is 0 Å². The monoisotopic (exact) mass is 250 g/mol. The number of amides is 1. The number of ether oxygens (including phenoxy) is 1. The second kappa shape index (κ2) is 5.64. The molecule has 1 amide bonds. The van der Waals surface area contributed by atoms with E-state index < -0.39 is 0 Å². The third-order valence-corrected chi connectivity index (χ3v) is 2.71. The Labute approximate surface area is 105 Å². The summed E-state index contributed by atoms with van der Waals surface area (Å²) in [5, 5.41) is 2.56. The smallest absolute Gasteiger partial charge is 0.247 e. The van der Waals surface area contributed by atoms with Gasteiger partial charge in [-0.05, 0) is 24.3 Å². The van der Waals surface area contributed by atoms with Crippen LogP contribution in [0.1, 0.15) is 0 Å². The molecule has 5 heteroatoms. The fourth-order valence-electron chi connectivity index (χ4n) is 1.84. The van der Waals surface area contributed by atoms with E-state index in [0.717, 1.165) is 24.9 Å². The standard InChI is InChI=1S/C13H15FN2O2/c1-2-13(17)15-11-7-10(14)8-12(9-11)16-3-5-18-6-4-16/h2,7-9H,1,3-6H2,(H,15,17). The first-order chi connectivity index (χ1) is 8.69. The highest BCUT2D eigenvalue weighted by molar-refractivity contribution is 5.99. The summed E-state index contributed by atoms with van der Waals surface area (Å²) in [6, 6.07) is 4.48. The molecular weight excluding hydrogens is 235 g/mol. The van der Waals surface area contributed by atoms with Crippen LogP contribution in [0.15, 0.2) is 30.9 Å². The quantitative estimate of drug-likeness (QED) is 0.831. The predicted octanol–water partition coefficient (Wildman–Crippen LogP) is 1.79. The van der Waals surface area contributed by atoms with Crippen LogP contribution in [-0.4, -0.2) is 32.2 Å². The van der Waals surface area contributed by atoms with Crippen LogP contribution in [0.3, 0.4) is 0 Å². The molecular formula is C13H15FN2O2. The van der Waals surface area contributed by atoms with E-state index in [1.807, 2.05) is 4.90 Å². The van der Waals surface area contributed by atoms with Crippen LogP contribution in [0.5, 0.6) is 0 Å². The first kappa shape index (κ1) is 12.6. The van der Waals surface area contributed by atoms with Crippen LogP contribution in [0.25, 0.3) is 0 Å². The SMILES string of the molecule is C=CC(=O)Nc1cc(F)cc(N2CCOCC2)c1. The third kappa shape index (κ3) is 3.07. The van der Waals surface area contributed by atoms with E-state index in [1.165, 1.54) is 12.1 Å². The maximum absolute atomic E-state index is 13.5. The molecule has 4 nitrogen and oxygen atoms in total. The molecule has 0 atom stereocenters. The van der Waals surface area contributed by atoms with Crippen molar-refractivity contribution < 1.29 is 13.9 Å². The normalized spacial score (nSPS) is 15.3. The lowest BCUT2D eigenvalue weighted by Gasteiger charge is -2.29. The number of nitrogens with one attached hydrogen (secondary N) is 1. The van der Waals surface area contributed by atoms with Gasteiger partial charge in [0.05, 0.1) is 13.2 Å². The van der Waals surface area contributed by atoms with Crippen LogP contribution in [0, 0.1) is 5.82 Å². The summed E-state index contributed by atoms with van der Waals surface area (Å²) in [5.41, 5.74) is 1.18. The summed E-state index contributed by atoms with van der Waals surface area (Å²) in [7, 11) is 0. The number of rotatable bonds is 3. The van der Waals surface area contributed by atoms with Gasteiger partial charge in [-0.25, -0.2) is 4.39 Å². The summed E-state index contributed by atoms with van der Waals surface area (Å²) in [4.78, 5) is 13.2. The number of carbonyl (C=O) groups is 1. The third-order valence-electron chi connectivity index (χ3n) is 2.71. The zero-order valence-electron chi connectivity index (χ0n) is 9.99. The van der Waals surface area contributed by atoms with E-state index in [0.29, 0.717) is 18.9 Å². The molecule has 0 aliphatic carbocycles. The molecule has 0 bridgehead atoms. The molecule has 18 heavy (non-hydrogen) atoms. The summed E-state index contributed by atoms with van der Waals surface area (Å²) < 4.78 is 18.7. The fourth-order valence-corrected chi connectivity index (χ4v) is 1.84. The van der Waals surface area contributed by atoms with Crippen molar-refractivity contribution >= 4 is 17.3 Å². The number of nitrogens with zero attached hydrogens (tertiary/aromatic N) is 1. The van der Waals surface area contributed by atoms with Gasteiger partial charge in [0, 0.05) is 24.5 Å². The first-order valence-corrected chi connectivity index (χ1v) is 5.76. The number of benzene rings is 1. The molecule has 1 aliphatic heterocycles. The molecule has 1 aromatic rings. The number of carbonyl (C=O) groups excluding carboxylic acids is 1. The lowest BCUT2D eigenvalue weighted by Crippen LogP contribution is -2.36. The number of hydrogen-bond acceptors (Lipinski definition) is 3. The van der Waals surface area contributed by atoms with Crippen LogP contribution < -0.4 is 10.2 Å². The van der Waals surface area contributed by atoms with Crippen molar-refractivity contribution in [2.75, 3.05) is 36.5 Å². The molecule has 1 aromatic carbocycles. The van der Waals surface area contributed by atoms with E-state index >= 15 is 0 Å². The first-order valence-electron chi connectivity index (χ1n) is 5.76. The van der Waals surface area contributed by atoms with E-state index in [1.54, 1.807) is 6.07 Å². The molecule has 1 heterocycles. The fraction of sp³-hybridized carbons (Fsp3) is 0.308. The highest BCUT2D eigenvalue weighted by atomic mass is 19.1. The predicted molar refractivity (Wildman–Crippen MR) is 68.3 cm³/mol. The highest BCUT2D eigenvalue weighted by Gasteiger charge is 2.13. The molecule has 0 aromatic heterocycles. The molecule has 0 saturated carbocycles. The Morgan fingerprint density at radius 1 is 1.39 bits per heavy atom. The Morgan fingerprint density at radius 3 is 2.78 bits per heavy atom. The van der Waals surface area contributed by atoms with Crippen molar-refractivity contribution in [1.29, 1.82) is 0 Å². The van der Waals surface area contributed by atoms with Crippen LogP contribution in [0.4, 0.5) is 15.8 Å². The maximum Gasteiger partial charge on any atom is 0.247 e. The second-order valence-electron chi connectivity index (χ2n) is 3.99. The van der Waals surface area contributed by atoms with Gasteiger partial charge in [0.2, 0.25) is 5.91 Å². The van der Waals surface area contributed by atoms with Gasteiger partial charge in [0.25, 0.3) is 0 Å². The topological polar surface area (TPSA) is 41.6 Å². The van der Waals surface area contributed by atoms with Gasteiger partial charge in [-0.3, -0.25) is 4.79 Å². The number of morpholine rings is 1. The molecule has 1 N–H and O–H groups in total. The van der Waals surface area contributed by atoms with Gasteiger partial charge in [0.1, 0.15) is 5.82 Å². The minimum Gasteiger partial charge on any atom is -0.378 e.